The van der Waals surface area contributed by atoms with E-state index < -0.39 is 0 Å². The lowest BCUT2D eigenvalue weighted by molar-refractivity contribution is 0.102. The largest absolute Gasteiger partial charge is 0.504 e. The lowest BCUT2D eigenvalue weighted by atomic mass is 10.1. The molecule has 0 atom stereocenters. The molecule has 0 aliphatic carbocycles. The first-order valence-corrected chi connectivity index (χ1v) is 5.95. The third-order valence-electron chi connectivity index (χ3n) is 2.58. The van der Waals surface area contributed by atoms with Gasteiger partial charge in [-0.25, -0.2) is 0 Å². The number of carbonyl (C=O) groups excluding carboxylic acids is 1. The first-order chi connectivity index (χ1) is 9.29. The van der Waals surface area contributed by atoms with Gasteiger partial charge < -0.3 is 10.1 Å². The molecule has 1 amide bonds. The summed E-state index contributed by atoms with van der Waals surface area (Å²) in [6, 6.07) is 16.7. The van der Waals surface area contributed by atoms with Crippen molar-refractivity contribution in [3.63, 3.8) is 0 Å². The average Bonchev–Trinajstić information content (AvgIpc) is 2.46. The van der Waals surface area contributed by atoms with Crippen molar-refractivity contribution in [2.45, 2.75) is 0 Å². The van der Waals surface area contributed by atoms with Crippen LogP contribution in [0.4, 0.5) is 5.69 Å². The second kappa shape index (κ2) is 6.40. The molecule has 0 saturated carbocycles. The molecule has 0 aliphatic rings. The van der Waals surface area contributed by atoms with E-state index in [2.05, 4.69) is 5.32 Å². The van der Waals surface area contributed by atoms with Crippen LogP contribution < -0.4 is 5.32 Å². The number of methoxy groups -OCH3 is 1. The Hall–Kier alpha value is -2.55. The highest BCUT2D eigenvalue weighted by Gasteiger charge is 2.05. The van der Waals surface area contributed by atoms with Gasteiger partial charge in [0.25, 0.3) is 5.91 Å². The Balaban J connectivity index is 2.13. The van der Waals surface area contributed by atoms with Gasteiger partial charge in [0.05, 0.1) is 13.4 Å². The van der Waals surface area contributed by atoms with Crippen molar-refractivity contribution in [3.05, 3.63) is 72.0 Å². The Morgan fingerprint density at radius 3 is 2.63 bits per heavy atom. The minimum absolute atomic E-state index is 0.126. The van der Waals surface area contributed by atoms with Crippen LogP contribution in [0.3, 0.4) is 0 Å². The first kappa shape index (κ1) is 12.9. The van der Waals surface area contributed by atoms with Crippen LogP contribution in [0.1, 0.15) is 15.9 Å². The second-order valence-corrected chi connectivity index (χ2v) is 3.98. The fourth-order valence-electron chi connectivity index (χ4n) is 1.65. The molecule has 0 aliphatic heterocycles. The number of anilines is 1. The molecule has 0 fully saturated rings. The third kappa shape index (κ3) is 3.71. The van der Waals surface area contributed by atoms with E-state index >= 15 is 0 Å². The summed E-state index contributed by atoms with van der Waals surface area (Å²) < 4.78 is 4.86. The summed E-state index contributed by atoms with van der Waals surface area (Å²) in [6.07, 6.45) is 3.38. The molecule has 96 valence electrons. The molecule has 2 aromatic rings. The van der Waals surface area contributed by atoms with E-state index in [1.54, 1.807) is 25.5 Å². The average molecular weight is 253 g/mol. The number of benzene rings is 2. The molecule has 0 radical (unpaired) electrons. The molecule has 3 heteroatoms. The van der Waals surface area contributed by atoms with Crippen LogP contribution in [0.5, 0.6) is 0 Å². The van der Waals surface area contributed by atoms with Crippen molar-refractivity contribution in [2.24, 2.45) is 0 Å². The highest BCUT2D eigenvalue weighted by Crippen LogP contribution is 2.11. The number of hydrogen-bond donors (Lipinski definition) is 1. The maximum Gasteiger partial charge on any atom is 0.255 e. The molecular formula is C16H15NO2. The number of nitrogens with one attached hydrogen (secondary N) is 1. The second-order valence-electron chi connectivity index (χ2n) is 3.98. The van der Waals surface area contributed by atoms with Gasteiger partial charge in [0, 0.05) is 11.3 Å². The molecule has 19 heavy (non-hydrogen) atoms. The first-order valence-electron chi connectivity index (χ1n) is 5.95. The predicted molar refractivity (Wildman–Crippen MR) is 76.9 cm³/mol. The zero-order valence-corrected chi connectivity index (χ0v) is 10.7. The fraction of sp³-hybridized carbons (Fsp3) is 0.0625. The summed E-state index contributed by atoms with van der Waals surface area (Å²) in [5.74, 6) is -0.126. The molecule has 1 N–H and O–H groups in total. The van der Waals surface area contributed by atoms with Crippen molar-refractivity contribution in [3.8, 4) is 0 Å². The minimum Gasteiger partial charge on any atom is -0.504 e. The number of rotatable bonds is 4. The Morgan fingerprint density at radius 1 is 1.11 bits per heavy atom. The molecule has 0 spiro atoms. The van der Waals surface area contributed by atoms with E-state index in [1.807, 2.05) is 48.5 Å². The Bertz CT molecular complexity index is 576. The van der Waals surface area contributed by atoms with Crippen molar-refractivity contribution < 1.29 is 9.53 Å². The van der Waals surface area contributed by atoms with E-state index in [-0.39, 0.29) is 5.91 Å². The quantitative estimate of drug-likeness (QED) is 0.846. The zero-order valence-electron chi connectivity index (χ0n) is 10.7. The van der Waals surface area contributed by atoms with Gasteiger partial charge >= 0.3 is 0 Å². The molecule has 0 bridgehead atoms. The fourth-order valence-corrected chi connectivity index (χ4v) is 1.65. The lowest BCUT2D eigenvalue weighted by Gasteiger charge is -2.05. The number of ether oxygens (including phenoxy) is 1. The maximum absolute atomic E-state index is 12.1. The maximum atomic E-state index is 12.1. The van der Waals surface area contributed by atoms with Gasteiger partial charge in [0.2, 0.25) is 0 Å². The molecule has 0 saturated heterocycles. The van der Waals surface area contributed by atoms with Crippen LogP contribution in [-0.4, -0.2) is 13.0 Å². The lowest BCUT2D eigenvalue weighted by Crippen LogP contribution is -2.11. The summed E-state index contributed by atoms with van der Waals surface area (Å²) >= 11 is 0. The van der Waals surface area contributed by atoms with Crippen LogP contribution in [0.25, 0.3) is 6.08 Å². The van der Waals surface area contributed by atoms with Crippen molar-refractivity contribution >= 4 is 17.7 Å². The number of hydrogen-bond acceptors (Lipinski definition) is 2. The van der Waals surface area contributed by atoms with E-state index in [1.165, 1.54) is 0 Å². The summed E-state index contributed by atoms with van der Waals surface area (Å²) in [6.45, 7) is 0. The standard InChI is InChI=1S/C16H15NO2/c1-19-11-10-13-6-5-7-14(12-13)16(18)17-15-8-3-2-4-9-15/h2-12H,1H3,(H,17,18). The molecule has 0 heterocycles. The Labute approximate surface area is 112 Å². The van der Waals surface area contributed by atoms with E-state index in [9.17, 15) is 4.79 Å². The highest BCUT2D eigenvalue weighted by atomic mass is 16.5. The van der Waals surface area contributed by atoms with Gasteiger partial charge in [0.1, 0.15) is 0 Å². The number of carbonyl (C=O) groups is 1. The van der Waals surface area contributed by atoms with Gasteiger partial charge in [-0.2, -0.15) is 0 Å². The summed E-state index contributed by atoms with van der Waals surface area (Å²) in [7, 11) is 1.59. The topological polar surface area (TPSA) is 38.3 Å². The third-order valence-corrected chi connectivity index (χ3v) is 2.58. The van der Waals surface area contributed by atoms with Crippen LogP contribution in [0.15, 0.2) is 60.9 Å². The van der Waals surface area contributed by atoms with Crippen LogP contribution in [0.2, 0.25) is 0 Å². The van der Waals surface area contributed by atoms with Crippen molar-refractivity contribution in [2.75, 3.05) is 12.4 Å². The van der Waals surface area contributed by atoms with E-state index in [4.69, 9.17) is 4.74 Å². The minimum atomic E-state index is -0.126. The predicted octanol–water partition coefficient (Wildman–Crippen LogP) is 3.56. The molecule has 3 nitrogen and oxygen atoms in total. The monoisotopic (exact) mass is 253 g/mol. The van der Waals surface area contributed by atoms with Crippen LogP contribution >= 0.6 is 0 Å². The van der Waals surface area contributed by atoms with Crippen molar-refractivity contribution in [1.29, 1.82) is 0 Å². The van der Waals surface area contributed by atoms with Gasteiger partial charge in [-0.1, -0.05) is 30.3 Å². The smallest absolute Gasteiger partial charge is 0.255 e. The van der Waals surface area contributed by atoms with Crippen LogP contribution in [-0.2, 0) is 4.74 Å². The molecule has 2 aromatic carbocycles. The highest BCUT2D eigenvalue weighted by molar-refractivity contribution is 6.04. The summed E-state index contributed by atoms with van der Waals surface area (Å²) in [4.78, 5) is 12.1. The normalized spacial score (nSPS) is 10.4. The molecule has 2 rings (SSSR count). The van der Waals surface area contributed by atoms with Crippen molar-refractivity contribution in [1.82, 2.24) is 0 Å². The number of para-hydroxylation sites is 1. The number of amides is 1. The zero-order chi connectivity index (χ0) is 13.5. The summed E-state index contributed by atoms with van der Waals surface area (Å²) in [5.41, 5.74) is 2.31. The molecule has 0 unspecified atom stereocenters. The van der Waals surface area contributed by atoms with E-state index in [0.717, 1.165) is 11.3 Å². The van der Waals surface area contributed by atoms with Gasteiger partial charge in [-0.3, -0.25) is 4.79 Å². The van der Waals surface area contributed by atoms with Gasteiger partial charge in [0.15, 0.2) is 0 Å². The van der Waals surface area contributed by atoms with Gasteiger partial charge in [-0.05, 0) is 35.9 Å². The van der Waals surface area contributed by atoms with Gasteiger partial charge in [-0.15, -0.1) is 0 Å². The summed E-state index contributed by atoms with van der Waals surface area (Å²) in [5, 5.41) is 2.85. The SMILES string of the molecule is COC=Cc1cccc(C(=O)Nc2ccccc2)c1. The van der Waals surface area contributed by atoms with E-state index in [0.29, 0.717) is 5.56 Å². The molecular weight excluding hydrogens is 238 g/mol. The Kier molecular flexibility index (Phi) is 4.34. The van der Waals surface area contributed by atoms with Crippen LogP contribution in [0, 0.1) is 0 Å². The molecule has 0 aromatic heterocycles. The Morgan fingerprint density at radius 2 is 1.89 bits per heavy atom.